The summed E-state index contributed by atoms with van der Waals surface area (Å²) in [5.74, 6) is 0. The Balaban J connectivity index is 1.34. The van der Waals surface area contributed by atoms with Crippen LogP contribution in [-0.4, -0.2) is 0 Å². The molecule has 0 radical (unpaired) electrons. The van der Waals surface area contributed by atoms with E-state index in [0.717, 1.165) is 12.8 Å². The van der Waals surface area contributed by atoms with Crippen LogP contribution >= 0.6 is 0 Å². The molecule has 0 saturated heterocycles. The van der Waals surface area contributed by atoms with Crippen molar-refractivity contribution in [3.05, 3.63) is 129 Å². The Hall–Kier alpha value is -3.38. The van der Waals surface area contributed by atoms with Crippen LogP contribution in [0.25, 0.3) is 24.3 Å². The predicted molar refractivity (Wildman–Crippen MR) is 121 cm³/mol. The zero-order valence-corrected chi connectivity index (χ0v) is 15.8. The molecule has 0 N–H and O–H groups in total. The fraction of sp³-hybridized carbons (Fsp3) is 0.0714. The minimum atomic E-state index is 1.03. The molecule has 0 spiro atoms. The van der Waals surface area contributed by atoms with Crippen molar-refractivity contribution in [1.82, 2.24) is 0 Å². The molecule has 134 valence electrons. The number of fused-ring (bicyclic) bond motifs is 2. The molecule has 0 heteroatoms. The third kappa shape index (κ3) is 3.54. The van der Waals surface area contributed by atoms with E-state index in [0.29, 0.717) is 0 Å². The van der Waals surface area contributed by atoms with Crippen molar-refractivity contribution in [3.8, 4) is 0 Å². The van der Waals surface area contributed by atoms with Crippen molar-refractivity contribution >= 4 is 24.3 Å². The molecule has 0 aliphatic heterocycles. The zero-order chi connectivity index (χ0) is 18.8. The van der Waals surface area contributed by atoms with E-state index < -0.39 is 0 Å². The highest BCUT2D eigenvalue weighted by atomic mass is 14.2. The zero-order valence-electron chi connectivity index (χ0n) is 15.8. The molecule has 3 aromatic carbocycles. The van der Waals surface area contributed by atoms with Crippen LogP contribution in [0, 0.1) is 0 Å². The summed E-state index contributed by atoms with van der Waals surface area (Å²) < 4.78 is 0. The average molecular weight is 358 g/mol. The van der Waals surface area contributed by atoms with E-state index in [1.165, 1.54) is 44.5 Å². The van der Waals surface area contributed by atoms with Gasteiger partial charge in [0.2, 0.25) is 0 Å². The average Bonchev–Trinajstić information content (AvgIpc) is 3.32. The Kier molecular flexibility index (Phi) is 4.39. The van der Waals surface area contributed by atoms with Crippen LogP contribution in [0.4, 0.5) is 0 Å². The summed E-state index contributed by atoms with van der Waals surface area (Å²) in [4.78, 5) is 0. The van der Waals surface area contributed by atoms with Gasteiger partial charge in [-0.25, -0.2) is 0 Å². The lowest BCUT2D eigenvalue weighted by Crippen LogP contribution is -1.89. The van der Waals surface area contributed by atoms with Crippen LogP contribution in [0.15, 0.2) is 96.1 Å². The summed E-state index contributed by atoms with van der Waals surface area (Å²) >= 11 is 0. The highest BCUT2D eigenvalue weighted by Gasteiger charge is 2.17. The molecule has 0 saturated carbocycles. The predicted octanol–water partition coefficient (Wildman–Crippen LogP) is 6.99. The first kappa shape index (κ1) is 16.8. The first-order chi connectivity index (χ1) is 13.8. The molecular formula is C28H22. The first-order valence-corrected chi connectivity index (χ1v) is 9.87. The van der Waals surface area contributed by atoms with Gasteiger partial charge in [0.25, 0.3) is 0 Å². The van der Waals surface area contributed by atoms with Gasteiger partial charge >= 0.3 is 0 Å². The summed E-state index contributed by atoms with van der Waals surface area (Å²) in [6.45, 7) is 0. The standard InChI is InChI=1S/C28H22/c1-3-7-21(8-4-1)11-13-23-15-25-19-27-17-24(18-28(27)20-26(25)16-23)14-12-22-9-5-2-6-10-22/h1-15,17,19-20H,16,18H2/b13-11+,14-12+. The highest BCUT2D eigenvalue weighted by Crippen LogP contribution is 2.34. The number of benzene rings is 3. The van der Waals surface area contributed by atoms with E-state index in [4.69, 9.17) is 0 Å². The Morgan fingerprint density at radius 1 is 0.500 bits per heavy atom. The molecule has 0 bridgehead atoms. The molecule has 5 rings (SSSR count). The molecule has 2 aliphatic carbocycles. The summed E-state index contributed by atoms with van der Waals surface area (Å²) in [5.41, 5.74) is 10.9. The van der Waals surface area contributed by atoms with Gasteiger partial charge in [-0.1, -0.05) is 103 Å². The van der Waals surface area contributed by atoms with Gasteiger partial charge in [-0.3, -0.25) is 0 Å². The van der Waals surface area contributed by atoms with Gasteiger partial charge in [0, 0.05) is 0 Å². The fourth-order valence-electron chi connectivity index (χ4n) is 4.00. The molecule has 3 aromatic rings. The molecular weight excluding hydrogens is 336 g/mol. The highest BCUT2D eigenvalue weighted by molar-refractivity contribution is 5.76. The van der Waals surface area contributed by atoms with E-state index in [-0.39, 0.29) is 0 Å². The SMILES string of the molecule is C1=C(/C=C/c2ccccc2)Cc2cc3c(cc21)C=C(/C=C/c1ccccc1)C3. The van der Waals surface area contributed by atoms with Gasteiger partial charge in [-0.15, -0.1) is 0 Å². The van der Waals surface area contributed by atoms with Gasteiger partial charge in [0.15, 0.2) is 0 Å². The quantitative estimate of drug-likeness (QED) is 0.471. The smallest absolute Gasteiger partial charge is 0.00195 e. The summed E-state index contributed by atoms with van der Waals surface area (Å²) in [6.07, 6.45) is 15.6. The van der Waals surface area contributed by atoms with Gasteiger partial charge in [0.05, 0.1) is 0 Å². The van der Waals surface area contributed by atoms with Gasteiger partial charge in [-0.2, -0.15) is 0 Å². The molecule has 0 aromatic heterocycles. The molecule has 0 atom stereocenters. The minimum Gasteiger partial charge on any atom is -0.0622 e. The van der Waals surface area contributed by atoms with Crippen molar-refractivity contribution in [3.63, 3.8) is 0 Å². The summed E-state index contributed by atoms with van der Waals surface area (Å²) in [6, 6.07) is 25.8. The lowest BCUT2D eigenvalue weighted by Gasteiger charge is -2.04. The van der Waals surface area contributed by atoms with Gasteiger partial charge in [0.1, 0.15) is 0 Å². The second kappa shape index (κ2) is 7.32. The Bertz CT molecular complexity index is 1030. The van der Waals surface area contributed by atoms with Gasteiger partial charge in [-0.05, 0) is 63.4 Å². The third-order valence-electron chi connectivity index (χ3n) is 5.45. The molecule has 0 heterocycles. The normalized spacial score (nSPS) is 15.0. The number of hydrogen-bond donors (Lipinski definition) is 0. The first-order valence-electron chi connectivity index (χ1n) is 9.87. The van der Waals surface area contributed by atoms with Crippen molar-refractivity contribution in [2.75, 3.05) is 0 Å². The molecule has 28 heavy (non-hydrogen) atoms. The topological polar surface area (TPSA) is 0 Å². The number of allylic oxidation sites excluding steroid dienone is 4. The maximum Gasteiger partial charge on any atom is -0.00195 e. The van der Waals surface area contributed by atoms with Gasteiger partial charge < -0.3 is 0 Å². The number of rotatable bonds is 4. The van der Waals surface area contributed by atoms with Crippen molar-refractivity contribution in [2.45, 2.75) is 12.8 Å². The number of hydrogen-bond acceptors (Lipinski definition) is 0. The molecule has 0 fully saturated rings. The van der Waals surface area contributed by atoms with Crippen LogP contribution in [-0.2, 0) is 12.8 Å². The lowest BCUT2D eigenvalue weighted by molar-refractivity contribution is 1.19. The van der Waals surface area contributed by atoms with Crippen molar-refractivity contribution in [2.24, 2.45) is 0 Å². The maximum absolute atomic E-state index is 2.41. The van der Waals surface area contributed by atoms with E-state index >= 15 is 0 Å². The second-order valence-electron chi connectivity index (χ2n) is 7.53. The molecule has 2 aliphatic rings. The Labute approximate surface area is 166 Å². The molecule has 0 unspecified atom stereocenters. The van der Waals surface area contributed by atoms with Crippen molar-refractivity contribution < 1.29 is 0 Å². The molecule has 0 nitrogen and oxygen atoms in total. The minimum absolute atomic E-state index is 1.03. The van der Waals surface area contributed by atoms with E-state index in [1.807, 2.05) is 0 Å². The Morgan fingerprint density at radius 2 is 0.964 bits per heavy atom. The van der Waals surface area contributed by atoms with Crippen molar-refractivity contribution in [1.29, 1.82) is 0 Å². The van der Waals surface area contributed by atoms with Crippen LogP contribution < -0.4 is 0 Å². The van der Waals surface area contributed by atoms with E-state index in [9.17, 15) is 0 Å². The molecule has 0 amide bonds. The van der Waals surface area contributed by atoms with Crippen LogP contribution in [0.3, 0.4) is 0 Å². The third-order valence-corrected chi connectivity index (χ3v) is 5.45. The van der Waals surface area contributed by atoms with Crippen LogP contribution in [0.1, 0.15) is 33.4 Å². The van der Waals surface area contributed by atoms with E-state index in [1.54, 1.807) is 0 Å². The fourth-order valence-corrected chi connectivity index (χ4v) is 4.00. The Morgan fingerprint density at radius 3 is 1.43 bits per heavy atom. The summed E-state index contributed by atoms with van der Waals surface area (Å²) in [7, 11) is 0. The van der Waals surface area contributed by atoms with Crippen LogP contribution in [0.2, 0.25) is 0 Å². The lowest BCUT2D eigenvalue weighted by atomic mass is 10.0. The van der Waals surface area contributed by atoms with E-state index in [2.05, 4.69) is 109 Å². The summed E-state index contributed by atoms with van der Waals surface area (Å²) in [5, 5.41) is 0. The monoisotopic (exact) mass is 358 g/mol. The second-order valence-corrected chi connectivity index (χ2v) is 7.53. The maximum atomic E-state index is 2.41. The largest absolute Gasteiger partial charge is 0.0622 e. The van der Waals surface area contributed by atoms with Crippen LogP contribution in [0.5, 0.6) is 0 Å².